The van der Waals surface area contributed by atoms with Crippen LogP contribution in [0.4, 0.5) is 0 Å². The predicted molar refractivity (Wildman–Crippen MR) is 77.8 cm³/mol. The van der Waals surface area contributed by atoms with E-state index in [4.69, 9.17) is 15.2 Å². The molecule has 104 valence electrons. The summed E-state index contributed by atoms with van der Waals surface area (Å²) in [5.74, 6) is 1.61. The number of aromatic amines is 1. The zero-order valence-corrected chi connectivity index (χ0v) is 12.0. The molecule has 5 nitrogen and oxygen atoms in total. The van der Waals surface area contributed by atoms with Crippen molar-refractivity contribution in [2.75, 3.05) is 26.0 Å². The lowest BCUT2D eigenvalue weighted by Crippen LogP contribution is -2.26. The van der Waals surface area contributed by atoms with Crippen LogP contribution in [-0.2, 0) is 4.74 Å². The molecule has 1 heterocycles. The van der Waals surface area contributed by atoms with Crippen molar-refractivity contribution in [2.24, 2.45) is 5.73 Å². The summed E-state index contributed by atoms with van der Waals surface area (Å²) in [5, 5.41) is 0.876. The first-order valence-corrected chi connectivity index (χ1v) is 7.23. The van der Waals surface area contributed by atoms with Crippen LogP contribution in [0.2, 0.25) is 0 Å². The summed E-state index contributed by atoms with van der Waals surface area (Å²) in [6.07, 6.45) is 0.0674. The quantitative estimate of drug-likeness (QED) is 0.760. The van der Waals surface area contributed by atoms with Gasteiger partial charge in [0.15, 0.2) is 5.16 Å². The number of H-pyrrole nitrogens is 1. The fourth-order valence-corrected chi connectivity index (χ4v) is 2.67. The Kier molecular flexibility index (Phi) is 5.07. The number of nitrogens with one attached hydrogen (secondary N) is 1. The van der Waals surface area contributed by atoms with E-state index in [1.807, 2.05) is 25.1 Å². The number of ether oxygens (including phenoxy) is 2. The van der Waals surface area contributed by atoms with E-state index in [-0.39, 0.29) is 6.10 Å². The van der Waals surface area contributed by atoms with Gasteiger partial charge in [0.25, 0.3) is 0 Å². The highest BCUT2D eigenvalue weighted by Crippen LogP contribution is 2.23. The van der Waals surface area contributed by atoms with Gasteiger partial charge in [-0.15, -0.1) is 0 Å². The van der Waals surface area contributed by atoms with E-state index in [9.17, 15) is 0 Å². The van der Waals surface area contributed by atoms with E-state index in [1.54, 1.807) is 18.9 Å². The molecule has 1 aromatic carbocycles. The van der Waals surface area contributed by atoms with Crippen molar-refractivity contribution in [3.63, 3.8) is 0 Å². The summed E-state index contributed by atoms with van der Waals surface area (Å²) in [5.41, 5.74) is 7.56. The van der Waals surface area contributed by atoms with Gasteiger partial charge in [-0.2, -0.15) is 0 Å². The molecule has 19 heavy (non-hydrogen) atoms. The highest BCUT2D eigenvalue weighted by Gasteiger charge is 2.09. The van der Waals surface area contributed by atoms with Crippen LogP contribution in [0.25, 0.3) is 11.0 Å². The third kappa shape index (κ3) is 3.62. The standard InChI is InChI=1S/C13H19N3O2S/c1-3-18-10(7-14)8-19-13-15-11-5-4-9(17-2)6-12(11)16-13/h4-6,10H,3,7-8,14H2,1-2H3,(H,15,16). The number of imidazole rings is 1. The number of thioether (sulfide) groups is 1. The van der Waals surface area contributed by atoms with Crippen LogP contribution in [0, 0.1) is 0 Å². The van der Waals surface area contributed by atoms with E-state index in [0.717, 1.165) is 27.7 Å². The molecule has 1 aromatic heterocycles. The molecule has 2 aromatic rings. The minimum atomic E-state index is 0.0674. The predicted octanol–water partition coefficient (Wildman–Crippen LogP) is 2.03. The van der Waals surface area contributed by atoms with Gasteiger partial charge in [-0.1, -0.05) is 11.8 Å². The molecule has 0 aliphatic heterocycles. The maximum absolute atomic E-state index is 5.65. The Balaban J connectivity index is 2.04. The Morgan fingerprint density at radius 3 is 3.00 bits per heavy atom. The van der Waals surface area contributed by atoms with Gasteiger partial charge in [-0.3, -0.25) is 0 Å². The molecule has 0 aliphatic carbocycles. The number of aromatic nitrogens is 2. The minimum absolute atomic E-state index is 0.0674. The Morgan fingerprint density at radius 1 is 1.47 bits per heavy atom. The Morgan fingerprint density at radius 2 is 2.32 bits per heavy atom. The Hall–Kier alpha value is -1.24. The van der Waals surface area contributed by atoms with Crippen molar-refractivity contribution >= 4 is 22.8 Å². The summed E-state index contributed by atoms with van der Waals surface area (Å²) in [6.45, 7) is 3.18. The summed E-state index contributed by atoms with van der Waals surface area (Å²) in [4.78, 5) is 7.78. The van der Waals surface area contributed by atoms with E-state index < -0.39 is 0 Å². The van der Waals surface area contributed by atoms with Crippen molar-refractivity contribution in [1.82, 2.24) is 9.97 Å². The molecule has 0 saturated heterocycles. The highest BCUT2D eigenvalue weighted by molar-refractivity contribution is 7.99. The van der Waals surface area contributed by atoms with Crippen molar-refractivity contribution < 1.29 is 9.47 Å². The molecule has 0 saturated carbocycles. The van der Waals surface area contributed by atoms with Gasteiger partial charge < -0.3 is 20.2 Å². The number of benzene rings is 1. The number of hydrogen-bond donors (Lipinski definition) is 2. The van der Waals surface area contributed by atoms with E-state index in [0.29, 0.717) is 13.2 Å². The first-order chi connectivity index (χ1) is 9.26. The molecule has 0 bridgehead atoms. The van der Waals surface area contributed by atoms with Crippen molar-refractivity contribution in [1.29, 1.82) is 0 Å². The number of nitrogens with zero attached hydrogens (tertiary/aromatic N) is 1. The summed E-state index contributed by atoms with van der Waals surface area (Å²) >= 11 is 1.62. The van der Waals surface area contributed by atoms with Gasteiger partial charge in [0.05, 0.1) is 24.2 Å². The average Bonchev–Trinajstić information content (AvgIpc) is 2.84. The molecule has 6 heteroatoms. The van der Waals surface area contributed by atoms with Gasteiger partial charge >= 0.3 is 0 Å². The number of rotatable bonds is 7. The Labute approximate surface area is 116 Å². The Bertz CT molecular complexity index is 530. The third-order valence-corrected chi connectivity index (χ3v) is 3.74. The average molecular weight is 281 g/mol. The molecule has 0 radical (unpaired) electrons. The zero-order chi connectivity index (χ0) is 13.7. The largest absolute Gasteiger partial charge is 0.497 e. The fourth-order valence-electron chi connectivity index (χ4n) is 1.75. The second kappa shape index (κ2) is 6.79. The van der Waals surface area contributed by atoms with Gasteiger partial charge in [0.1, 0.15) is 5.75 Å². The molecule has 1 atom stereocenters. The molecule has 2 rings (SSSR count). The fraction of sp³-hybridized carbons (Fsp3) is 0.462. The molecule has 0 fully saturated rings. The van der Waals surface area contributed by atoms with Crippen LogP contribution in [0.15, 0.2) is 23.4 Å². The SMILES string of the molecule is CCOC(CN)CSc1nc2ccc(OC)cc2[nH]1. The van der Waals surface area contributed by atoms with E-state index in [2.05, 4.69) is 9.97 Å². The monoisotopic (exact) mass is 281 g/mol. The smallest absolute Gasteiger partial charge is 0.166 e. The summed E-state index contributed by atoms with van der Waals surface area (Å²) in [7, 11) is 1.65. The topological polar surface area (TPSA) is 73.2 Å². The van der Waals surface area contributed by atoms with Crippen LogP contribution in [0.1, 0.15) is 6.92 Å². The zero-order valence-electron chi connectivity index (χ0n) is 11.2. The van der Waals surface area contributed by atoms with Crippen molar-refractivity contribution in [3.8, 4) is 5.75 Å². The second-order valence-corrected chi connectivity index (χ2v) is 5.06. The first kappa shape index (κ1) is 14.2. The number of methoxy groups -OCH3 is 1. The van der Waals surface area contributed by atoms with Crippen LogP contribution in [-0.4, -0.2) is 42.1 Å². The van der Waals surface area contributed by atoms with Gasteiger partial charge in [-0.05, 0) is 19.1 Å². The van der Waals surface area contributed by atoms with E-state index >= 15 is 0 Å². The van der Waals surface area contributed by atoms with Crippen LogP contribution in [0.3, 0.4) is 0 Å². The molecular weight excluding hydrogens is 262 g/mol. The normalized spacial score (nSPS) is 12.8. The summed E-state index contributed by atoms with van der Waals surface area (Å²) < 4.78 is 10.7. The van der Waals surface area contributed by atoms with Crippen LogP contribution in [0.5, 0.6) is 5.75 Å². The van der Waals surface area contributed by atoms with Crippen LogP contribution < -0.4 is 10.5 Å². The lowest BCUT2D eigenvalue weighted by Gasteiger charge is -2.12. The van der Waals surface area contributed by atoms with Crippen molar-refractivity contribution in [2.45, 2.75) is 18.2 Å². The highest BCUT2D eigenvalue weighted by atomic mass is 32.2. The van der Waals surface area contributed by atoms with Gasteiger partial charge in [0.2, 0.25) is 0 Å². The van der Waals surface area contributed by atoms with Gasteiger partial charge in [-0.25, -0.2) is 4.98 Å². The second-order valence-electron chi connectivity index (χ2n) is 4.05. The number of fused-ring (bicyclic) bond motifs is 1. The lowest BCUT2D eigenvalue weighted by molar-refractivity contribution is 0.0858. The molecular formula is C13H19N3O2S. The summed E-state index contributed by atoms with van der Waals surface area (Å²) in [6, 6.07) is 5.79. The van der Waals surface area contributed by atoms with Gasteiger partial charge in [0, 0.05) is 25.0 Å². The number of hydrogen-bond acceptors (Lipinski definition) is 5. The lowest BCUT2D eigenvalue weighted by atomic mass is 10.3. The number of nitrogens with two attached hydrogens (primary N) is 1. The molecule has 0 amide bonds. The maximum atomic E-state index is 5.65. The minimum Gasteiger partial charge on any atom is -0.497 e. The third-order valence-electron chi connectivity index (χ3n) is 2.74. The van der Waals surface area contributed by atoms with Crippen LogP contribution >= 0.6 is 11.8 Å². The molecule has 1 unspecified atom stereocenters. The molecule has 3 N–H and O–H groups in total. The molecule has 0 aliphatic rings. The first-order valence-electron chi connectivity index (χ1n) is 6.25. The van der Waals surface area contributed by atoms with E-state index in [1.165, 1.54) is 0 Å². The maximum Gasteiger partial charge on any atom is 0.166 e. The molecule has 0 spiro atoms. The van der Waals surface area contributed by atoms with Crippen molar-refractivity contribution in [3.05, 3.63) is 18.2 Å².